The van der Waals surface area contributed by atoms with Crippen molar-refractivity contribution in [3.63, 3.8) is 0 Å². The third-order valence-electron chi connectivity index (χ3n) is 5.75. The summed E-state index contributed by atoms with van der Waals surface area (Å²) in [5, 5.41) is 0. The van der Waals surface area contributed by atoms with Gasteiger partial charge in [-0.25, -0.2) is 8.78 Å². The molecule has 2 fully saturated rings. The number of morpholine rings is 1. The molecular weight excluding hydrogens is 420 g/mol. The minimum atomic E-state index is -0.650. The predicted octanol–water partition coefficient (Wildman–Crippen LogP) is 4.21. The average molecular weight is 447 g/mol. The van der Waals surface area contributed by atoms with E-state index in [4.69, 9.17) is 18.9 Å². The second kappa shape index (κ2) is 10.2. The van der Waals surface area contributed by atoms with Crippen LogP contribution in [-0.2, 0) is 4.74 Å². The Kier molecular flexibility index (Phi) is 7.09. The molecule has 0 aromatic heterocycles. The van der Waals surface area contributed by atoms with Gasteiger partial charge in [-0.1, -0.05) is 0 Å². The van der Waals surface area contributed by atoms with Gasteiger partial charge in [0.1, 0.15) is 18.5 Å². The van der Waals surface area contributed by atoms with Crippen LogP contribution < -0.4 is 14.2 Å². The van der Waals surface area contributed by atoms with Gasteiger partial charge in [-0.3, -0.25) is 4.79 Å². The van der Waals surface area contributed by atoms with Crippen molar-refractivity contribution in [2.45, 2.75) is 37.9 Å². The molecule has 1 saturated carbocycles. The molecule has 6 nitrogen and oxygen atoms in total. The Morgan fingerprint density at radius 3 is 2.69 bits per heavy atom. The Labute approximate surface area is 186 Å². The van der Waals surface area contributed by atoms with Gasteiger partial charge in [0.05, 0.1) is 26.4 Å². The number of halogens is 2. The summed E-state index contributed by atoms with van der Waals surface area (Å²) < 4.78 is 49.7. The number of carbonyl (C=O) groups excluding carboxylic acids is 1. The maximum Gasteiger partial charge on any atom is 0.254 e. The van der Waals surface area contributed by atoms with Crippen molar-refractivity contribution in [2.24, 2.45) is 0 Å². The summed E-state index contributed by atoms with van der Waals surface area (Å²) in [6, 6.07) is 8.21. The molecule has 2 aromatic rings. The van der Waals surface area contributed by atoms with E-state index in [-0.39, 0.29) is 30.9 Å². The molecule has 0 spiro atoms. The lowest BCUT2D eigenvalue weighted by Crippen LogP contribution is -2.47. The fourth-order valence-electron chi connectivity index (χ4n) is 4.05. The smallest absolute Gasteiger partial charge is 0.254 e. The molecule has 0 radical (unpaired) electrons. The number of rotatable bonds is 7. The van der Waals surface area contributed by atoms with Crippen LogP contribution in [0.2, 0.25) is 0 Å². The predicted molar refractivity (Wildman–Crippen MR) is 113 cm³/mol. The van der Waals surface area contributed by atoms with Crippen LogP contribution in [0.4, 0.5) is 8.78 Å². The third-order valence-corrected chi connectivity index (χ3v) is 5.75. The summed E-state index contributed by atoms with van der Waals surface area (Å²) in [7, 11) is 1.58. The SMILES string of the molecule is COc1ccc(C(=O)N2CCOC(COc3cc(F)ccc3F)C2)cc1OC1CCCC1. The summed E-state index contributed by atoms with van der Waals surface area (Å²) >= 11 is 0. The minimum Gasteiger partial charge on any atom is -0.493 e. The number of methoxy groups -OCH3 is 1. The Bertz CT molecular complexity index is 948. The molecule has 2 aromatic carbocycles. The molecule has 172 valence electrons. The van der Waals surface area contributed by atoms with Crippen molar-refractivity contribution < 1.29 is 32.5 Å². The Morgan fingerprint density at radius 1 is 1.09 bits per heavy atom. The maximum atomic E-state index is 13.8. The fraction of sp³-hybridized carbons (Fsp3) is 0.458. The van der Waals surface area contributed by atoms with Gasteiger partial charge in [0.2, 0.25) is 0 Å². The number of ether oxygens (including phenoxy) is 4. The second-order valence-corrected chi connectivity index (χ2v) is 8.02. The van der Waals surface area contributed by atoms with Crippen molar-refractivity contribution in [1.29, 1.82) is 0 Å². The molecular formula is C24H27F2NO5. The molecule has 1 unspecified atom stereocenters. The first-order chi connectivity index (χ1) is 15.5. The molecule has 1 amide bonds. The minimum absolute atomic E-state index is 0.00278. The topological polar surface area (TPSA) is 57.2 Å². The highest BCUT2D eigenvalue weighted by molar-refractivity contribution is 5.95. The van der Waals surface area contributed by atoms with E-state index in [0.717, 1.165) is 43.9 Å². The lowest BCUT2D eigenvalue weighted by atomic mass is 10.1. The lowest BCUT2D eigenvalue weighted by Gasteiger charge is -2.33. The molecule has 1 aliphatic carbocycles. The van der Waals surface area contributed by atoms with Crippen molar-refractivity contribution in [3.8, 4) is 17.2 Å². The van der Waals surface area contributed by atoms with Gasteiger partial charge in [-0.05, 0) is 56.0 Å². The van der Waals surface area contributed by atoms with Gasteiger partial charge in [-0.15, -0.1) is 0 Å². The zero-order chi connectivity index (χ0) is 22.5. The van der Waals surface area contributed by atoms with Gasteiger partial charge in [0.15, 0.2) is 23.1 Å². The van der Waals surface area contributed by atoms with Crippen molar-refractivity contribution in [3.05, 3.63) is 53.6 Å². The lowest BCUT2D eigenvalue weighted by molar-refractivity contribution is -0.0406. The largest absolute Gasteiger partial charge is 0.493 e. The van der Waals surface area contributed by atoms with Crippen LogP contribution in [0.25, 0.3) is 0 Å². The molecule has 8 heteroatoms. The van der Waals surface area contributed by atoms with E-state index in [9.17, 15) is 13.6 Å². The van der Waals surface area contributed by atoms with E-state index < -0.39 is 17.7 Å². The number of carbonyl (C=O) groups is 1. The van der Waals surface area contributed by atoms with E-state index >= 15 is 0 Å². The molecule has 4 rings (SSSR count). The molecule has 2 aliphatic rings. The monoisotopic (exact) mass is 447 g/mol. The van der Waals surface area contributed by atoms with Crippen LogP contribution in [0.15, 0.2) is 36.4 Å². The summed E-state index contributed by atoms with van der Waals surface area (Å²) in [4.78, 5) is 14.8. The number of hydrogen-bond acceptors (Lipinski definition) is 5. The average Bonchev–Trinajstić information content (AvgIpc) is 3.32. The van der Waals surface area contributed by atoms with Crippen LogP contribution in [0.1, 0.15) is 36.0 Å². The highest BCUT2D eigenvalue weighted by Crippen LogP contribution is 2.33. The molecule has 1 heterocycles. The van der Waals surface area contributed by atoms with E-state index in [1.807, 2.05) is 0 Å². The number of nitrogens with zero attached hydrogens (tertiary/aromatic N) is 1. The van der Waals surface area contributed by atoms with E-state index in [2.05, 4.69) is 0 Å². The van der Waals surface area contributed by atoms with Gasteiger partial charge in [-0.2, -0.15) is 0 Å². The fourth-order valence-corrected chi connectivity index (χ4v) is 4.05. The van der Waals surface area contributed by atoms with Gasteiger partial charge >= 0.3 is 0 Å². The van der Waals surface area contributed by atoms with Crippen LogP contribution in [0.3, 0.4) is 0 Å². The quantitative estimate of drug-likeness (QED) is 0.636. The van der Waals surface area contributed by atoms with Crippen LogP contribution in [-0.4, -0.2) is 56.4 Å². The van der Waals surface area contributed by atoms with Crippen LogP contribution >= 0.6 is 0 Å². The highest BCUT2D eigenvalue weighted by Gasteiger charge is 2.27. The Balaban J connectivity index is 1.40. The first-order valence-electron chi connectivity index (χ1n) is 10.9. The molecule has 0 N–H and O–H groups in total. The number of benzene rings is 2. The summed E-state index contributed by atoms with van der Waals surface area (Å²) in [6.45, 7) is 1.03. The third kappa shape index (κ3) is 5.30. The second-order valence-electron chi connectivity index (χ2n) is 8.02. The van der Waals surface area contributed by atoms with Gasteiger partial charge in [0, 0.05) is 18.2 Å². The van der Waals surface area contributed by atoms with Crippen molar-refractivity contribution >= 4 is 5.91 Å². The zero-order valence-corrected chi connectivity index (χ0v) is 18.0. The standard InChI is InChI=1S/C24H27F2NO5/c1-29-21-9-6-16(12-23(21)32-18-4-2-3-5-18)24(28)27-10-11-30-19(14-27)15-31-22-13-17(25)7-8-20(22)26/h6-9,12-13,18-19H,2-5,10-11,14-15H2,1H3. The molecule has 32 heavy (non-hydrogen) atoms. The molecule has 1 aliphatic heterocycles. The van der Waals surface area contributed by atoms with Crippen LogP contribution in [0.5, 0.6) is 17.2 Å². The van der Waals surface area contributed by atoms with Gasteiger partial charge in [0.25, 0.3) is 5.91 Å². The molecule has 1 atom stereocenters. The summed E-state index contributed by atoms with van der Waals surface area (Å²) in [5.74, 6) is -0.407. The zero-order valence-electron chi connectivity index (χ0n) is 18.0. The Morgan fingerprint density at radius 2 is 1.91 bits per heavy atom. The first-order valence-corrected chi connectivity index (χ1v) is 10.9. The molecule has 0 bridgehead atoms. The van der Waals surface area contributed by atoms with Gasteiger partial charge < -0.3 is 23.8 Å². The highest BCUT2D eigenvalue weighted by atomic mass is 19.1. The summed E-state index contributed by atoms with van der Waals surface area (Å²) in [6.07, 6.45) is 3.96. The van der Waals surface area contributed by atoms with E-state index in [1.54, 1.807) is 30.2 Å². The van der Waals surface area contributed by atoms with E-state index in [0.29, 0.717) is 30.2 Å². The van der Waals surface area contributed by atoms with E-state index in [1.165, 1.54) is 0 Å². The Hall–Kier alpha value is -2.87. The first kappa shape index (κ1) is 22.3. The molecule has 1 saturated heterocycles. The van der Waals surface area contributed by atoms with Crippen LogP contribution in [0, 0.1) is 11.6 Å². The van der Waals surface area contributed by atoms with Crippen molar-refractivity contribution in [2.75, 3.05) is 33.4 Å². The number of amides is 1. The maximum absolute atomic E-state index is 13.8. The summed E-state index contributed by atoms with van der Waals surface area (Å²) in [5.41, 5.74) is 0.497. The normalized spacial score (nSPS) is 19.1. The number of hydrogen-bond donors (Lipinski definition) is 0. The van der Waals surface area contributed by atoms with Crippen molar-refractivity contribution in [1.82, 2.24) is 4.90 Å².